The maximum Gasteiger partial charge on any atom is 0.246 e. The highest BCUT2D eigenvalue weighted by molar-refractivity contribution is 7.13. The molecule has 2 aromatic rings. The number of aryl methyl sites for hydroxylation is 2. The number of ketones is 1. The standard InChI is InChI=1S/C32H48N4O7S/c1-22-29(44-21-34-22)24-8-5-23(6-9-24)7-10-27(38)26-19-25(37)20-36(26)31(40)30(32(2,3)4)35-28(39)11-13-41-15-17-43-18-16-42-14-12-33/h5-6,8-9,21,25-26,30,37H,7,10-20,33H2,1-4H3,(H,35,39)/t25-,26+,30-/m1/s1. The Kier molecular flexibility index (Phi) is 14.4. The number of thiazole rings is 1. The number of nitrogens with two attached hydrogens (primary N) is 1. The number of aromatic nitrogens is 1. The van der Waals surface area contributed by atoms with Crippen molar-refractivity contribution in [3.63, 3.8) is 0 Å². The fourth-order valence-corrected chi connectivity index (χ4v) is 5.85. The molecule has 1 saturated heterocycles. The van der Waals surface area contributed by atoms with E-state index in [1.165, 1.54) is 4.90 Å². The van der Waals surface area contributed by atoms with Crippen LogP contribution in [-0.2, 0) is 35.0 Å². The second kappa shape index (κ2) is 17.7. The van der Waals surface area contributed by atoms with Crippen LogP contribution >= 0.6 is 11.3 Å². The number of β-amino-alcohol motifs (C(OH)–C–C–N with tert-alkyl or cyclic N) is 1. The molecule has 0 radical (unpaired) electrons. The zero-order valence-electron chi connectivity index (χ0n) is 26.4. The van der Waals surface area contributed by atoms with Crippen LogP contribution in [0.2, 0.25) is 0 Å². The van der Waals surface area contributed by atoms with Gasteiger partial charge < -0.3 is 35.3 Å². The molecule has 3 rings (SSSR count). The first-order valence-electron chi connectivity index (χ1n) is 15.2. The molecule has 0 aliphatic carbocycles. The van der Waals surface area contributed by atoms with Crippen LogP contribution < -0.4 is 11.1 Å². The maximum atomic E-state index is 13.8. The third kappa shape index (κ3) is 11.0. The number of nitrogens with one attached hydrogen (secondary N) is 1. The second-order valence-corrected chi connectivity index (χ2v) is 12.9. The summed E-state index contributed by atoms with van der Waals surface area (Å²) in [5.74, 6) is -0.789. The van der Waals surface area contributed by atoms with Gasteiger partial charge in [0, 0.05) is 32.4 Å². The highest BCUT2D eigenvalue weighted by atomic mass is 32.1. The van der Waals surface area contributed by atoms with Crippen molar-refractivity contribution in [3.05, 3.63) is 41.0 Å². The van der Waals surface area contributed by atoms with E-state index in [0.29, 0.717) is 46.0 Å². The highest BCUT2D eigenvalue weighted by Crippen LogP contribution is 2.29. The number of likely N-dealkylation sites (tertiary alicyclic amines) is 1. The Labute approximate surface area is 264 Å². The fourth-order valence-electron chi connectivity index (χ4n) is 5.04. The van der Waals surface area contributed by atoms with E-state index in [9.17, 15) is 19.5 Å². The molecule has 0 bridgehead atoms. The van der Waals surface area contributed by atoms with E-state index in [1.807, 2.05) is 57.5 Å². The lowest BCUT2D eigenvalue weighted by Gasteiger charge is -2.35. The average molecular weight is 633 g/mol. The predicted molar refractivity (Wildman–Crippen MR) is 169 cm³/mol. The molecular weight excluding hydrogens is 584 g/mol. The number of benzene rings is 1. The summed E-state index contributed by atoms with van der Waals surface area (Å²) in [7, 11) is 0. The van der Waals surface area contributed by atoms with Crippen molar-refractivity contribution >= 4 is 28.9 Å². The second-order valence-electron chi connectivity index (χ2n) is 12.1. The van der Waals surface area contributed by atoms with Crippen LogP contribution in [0.5, 0.6) is 0 Å². The Morgan fingerprint density at radius 3 is 2.27 bits per heavy atom. The number of aliphatic hydroxyl groups excluding tert-OH is 1. The Hall–Kier alpha value is -2.74. The van der Waals surface area contributed by atoms with E-state index < -0.39 is 23.6 Å². The summed E-state index contributed by atoms with van der Waals surface area (Å²) in [4.78, 5) is 46.8. The van der Waals surface area contributed by atoms with Gasteiger partial charge in [0.2, 0.25) is 11.8 Å². The van der Waals surface area contributed by atoms with E-state index >= 15 is 0 Å². The molecular formula is C32H48N4O7S. The van der Waals surface area contributed by atoms with Gasteiger partial charge in [-0.1, -0.05) is 45.0 Å². The summed E-state index contributed by atoms with van der Waals surface area (Å²) in [6.07, 6.45) is 0.241. The van der Waals surface area contributed by atoms with Crippen molar-refractivity contribution in [2.45, 2.75) is 71.6 Å². The number of rotatable bonds is 18. The first-order valence-corrected chi connectivity index (χ1v) is 16.1. The van der Waals surface area contributed by atoms with Gasteiger partial charge in [0.1, 0.15) is 6.04 Å². The average Bonchev–Trinajstić information content (AvgIpc) is 3.60. The zero-order chi connectivity index (χ0) is 32.1. The first-order chi connectivity index (χ1) is 21.0. The van der Waals surface area contributed by atoms with Gasteiger partial charge in [-0.25, -0.2) is 4.98 Å². The van der Waals surface area contributed by atoms with Gasteiger partial charge in [0.15, 0.2) is 5.78 Å². The minimum Gasteiger partial charge on any atom is -0.391 e. The van der Waals surface area contributed by atoms with Gasteiger partial charge in [-0.3, -0.25) is 14.4 Å². The summed E-state index contributed by atoms with van der Waals surface area (Å²) in [5.41, 5.74) is 9.66. The van der Waals surface area contributed by atoms with E-state index in [1.54, 1.807) is 11.3 Å². The minimum atomic E-state index is -0.866. The molecule has 4 N–H and O–H groups in total. The van der Waals surface area contributed by atoms with Gasteiger partial charge in [-0.05, 0) is 29.9 Å². The zero-order valence-corrected chi connectivity index (χ0v) is 27.2. The Morgan fingerprint density at radius 2 is 1.68 bits per heavy atom. The third-order valence-electron chi connectivity index (χ3n) is 7.45. The van der Waals surface area contributed by atoms with Crippen LogP contribution in [0.1, 0.15) is 51.3 Å². The summed E-state index contributed by atoms with van der Waals surface area (Å²) < 4.78 is 16.1. The molecule has 44 heavy (non-hydrogen) atoms. The van der Waals surface area contributed by atoms with Gasteiger partial charge in [-0.2, -0.15) is 0 Å². The van der Waals surface area contributed by atoms with Crippen LogP contribution in [0.15, 0.2) is 29.8 Å². The third-order valence-corrected chi connectivity index (χ3v) is 8.43. The molecule has 1 fully saturated rings. The number of amides is 2. The molecule has 11 nitrogen and oxygen atoms in total. The summed E-state index contributed by atoms with van der Waals surface area (Å²) in [6, 6.07) is 6.49. The number of Topliss-reactive ketones (excluding diaryl/α,β-unsaturated/α-hetero) is 1. The normalized spacial score (nSPS) is 17.5. The Morgan fingerprint density at radius 1 is 1.05 bits per heavy atom. The van der Waals surface area contributed by atoms with Gasteiger partial charge >= 0.3 is 0 Å². The smallest absolute Gasteiger partial charge is 0.246 e. The first kappa shape index (κ1) is 35.7. The van der Waals surface area contributed by atoms with E-state index in [-0.39, 0.29) is 50.0 Å². The molecule has 0 saturated carbocycles. The van der Waals surface area contributed by atoms with Crippen molar-refractivity contribution in [1.29, 1.82) is 0 Å². The molecule has 2 amide bonds. The Balaban J connectivity index is 1.49. The molecule has 1 aliphatic heterocycles. The van der Waals surface area contributed by atoms with Crippen LogP contribution in [0.4, 0.5) is 0 Å². The fraction of sp³-hybridized carbons (Fsp3) is 0.625. The monoisotopic (exact) mass is 632 g/mol. The number of aliphatic hydroxyl groups is 1. The van der Waals surface area contributed by atoms with Crippen LogP contribution in [0, 0.1) is 12.3 Å². The molecule has 1 aromatic carbocycles. The molecule has 0 spiro atoms. The number of carbonyl (C=O) groups excluding carboxylic acids is 3. The molecule has 12 heteroatoms. The van der Waals surface area contributed by atoms with Crippen LogP contribution in [-0.4, -0.2) is 104 Å². The number of ether oxygens (including phenoxy) is 3. The molecule has 244 valence electrons. The van der Waals surface area contributed by atoms with Crippen molar-refractivity contribution < 1.29 is 33.7 Å². The highest BCUT2D eigenvalue weighted by Gasteiger charge is 2.44. The van der Waals surface area contributed by atoms with E-state index in [0.717, 1.165) is 21.7 Å². The van der Waals surface area contributed by atoms with E-state index in [2.05, 4.69) is 10.3 Å². The predicted octanol–water partition coefficient (Wildman–Crippen LogP) is 2.51. The van der Waals surface area contributed by atoms with Gasteiger partial charge in [0.05, 0.1) is 67.9 Å². The molecule has 1 aliphatic rings. The van der Waals surface area contributed by atoms with Gasteiger partial charge in [-0.15, -0.1) is 11.3 Å². The van der Waals surface area contributed by atoms with Crippen molar-refractivity contribution in [2.24, 2.45) is 11.1 Å². The Bertz CT molecular complexity index is 1200. The number of hydrogen-bond donors (Lipinski definition) is 3. The number of nitrogens with zero attached hydrogens (tertiary/aromatic N) is 2. The largest absolute Gasteiger partial charge is 0.391 e. The minimum absolute atomic E-state index is 0.0565. The summed E-state index contributed by atoms with van der Waals surface area (Å²) >= 11 is 1.59. The quantitative estimate of drug-likeness (QED) is 0.211. The molecule has 2 heterocycles. The van der Waals surface area contributed by atoms with Crippen LogP contribution in [0.25, 0.3) is 10.4 Å². The van der Waals surface area contributed by atoms with Crippen molar-refractivity contribution in [1.82, 2.24) is 15.2 Å². The SMILES string of the molecule is Cc1ncsc1-c1ccc(CCC(=O)[C@@H]2C[C@@H](O)CN2C(=O)[C@@H](NC(=O)CCOCCOCCOCCN)C(C)(C)C)cc1. The summed E-state index contributed by atoms with van der Waals surface area (Å²) in [5, 5.41) is 13.3. The van der Waals surface area contributed by atoms with Crippen LogP contribution in [0.3, 0.4) is 0 Å². The van der Waals surface area contributed by atoms with E-state index in [4.69, 9.17) is 19.9 Å². The molecule has 0 unspecified atom stereocenters. The number of carbonyl (C=O) groups is 3. The van der Waals surface area contributed by atoms with Crippen molar-refractivity contribution in [3.8, 4) is 10.4 Å². The topological polar surface area (TPSA) is 153 Å². The van der Waals surface area contributed by atoms with Crippen molar-refractivity contribution in [2.75, 3.05) is 52.7 Å². The van der Waals surface area contributed by atoms with Gasteiger partial charge in [0.25, 0.3) is 0 Å². The maximum absolute atomic E-state index is 13.8. The lowest BCUT2D eigenvalue weighted by Crippen LogP contribution is -2.56. The number of hydrogen-bond acceptors (Lipinski definition) is 10. The molecule has 3 atom stereocenters. The summed E-state index contributed by atoms with van der Waals surface area (Å²) in [6.45, 7) is 10.4. The molecule has 1 aromatic heterocycles. The lowest BCUT2D eigenvalue weighted by atomic mass is 9.85. The lowest BCUT2D eigenvalue weighted by molar-refractivity contribution is -0.143.